The molecule has 5 heteroatoms. The van der Waals surface area contributed by atoms with Gasteiger partial charge in [-0.15, -0.1) is 0 Å². The van der Waals surface area contributed by atoms with Crippen LogP contribution in [0.25, 0.3) is 0 Å². The van der Waals surface area contributed by atoms with Crippen LogP contribution in [0.3, 0.4) is 0 Å². The fourth-order valence-electron chi connectivity index (χ4n) is 0.116. The van der Waals surface area contributed by atoms with Crippen molar-refractivity contribution < 1.29 is 17.6 Å². The Bertz CT molecular complexity index is 114. The van der Waals surface area contributed by atoms with Crippen LogP contribution in [0.1, 0.15) is 0 Å². The Hall–Kier alpha value is 0.190. The molecule has 0 fully saturated rings. The van der Waals surface area contributed by atoms with Gasteiger partial charge >= 0.3 is 6.18 Å². The van der Waals surface area contributed by atoms with Crippen molar-refractivity contribution in [3.8, 4) is 0 Å². The highest BCUT2D eigenvalue weighted by atomic mass is 127. The Morgan fingerprint density at radius 3 is 1.56 bits per heavy atom. The maximum atomic E-state index is 12.1. The standard InChI is InChI=1S/C4H3F4I/c1-2-3(5,9)4(6,7)8/h2H,1H2. The highest BCUT2D eigenvalue weighted by Gasteiger charge is 2.51. The van der Waals surface area contributed by atoms with Crippen molar-refractivity contribution in [2.75, 3.05) is 0 Å². The van der Waals surface area contributed by atoms with Crippen LogP contribution < -0.4 is 0 Å². The first kappa shape index (κ1) is 9.19. The van der Waals surface area contributed by atoms with Crippen molar-refractivity contribution in [1.29, 1.82) is 0 Å². The molecule has 0 aromatic heterocycles. The largest absolute Gasteiger partial charge is 0.435 e. The Morgan fingerprint density at radius 2 is 1.56 bits per heavy atom. The second-order valence-corrected chi connectivity index (χ2v) is 2.89. The molecule has 0 amide bonds. The number of alkyl halides is 5. The van der Waals surface area contributed by atoms with E-state index in [1.165, 1.54) is 0 Å². The minimum atomic E-state index is -4.85. The van der Waals surface area contributed by atoms with E-state index >= 15 is 0 Å². The third-order valence-corrected chi connectivity index (χ3v) is 1.69. The SMILES string of the molecule is C=CC(F)(I)C(F)(F)F. The van der Waals surface area contributed by atoms with Gasteiger partial charge < -0.3 is 0 Å². The highest BCUT2D eigenvalue weighted by molar-refractivity contribution is 14.1. The third-order valence-electron chi connectivity index (χ3n) is 0.634. The molecule has 0 saturated carbocycles. The van der Waals surface area contributed by atoms with Crippen molar-refractivity contribution in [2.45, 2.75) is 9.85 Å². The minimum Gasteiger partial charge on any atom is -0.218 e. The molecule has 0 spiro atoms. The van der Waals surface area contributed by atoms with Gasteiger partial charge in [-0.25, -0.2) is 4.39 Å². The molecule has 0 saturated heterocycles. The molecular weight excluding hydrogens is 251 g/mol. The molecule has 0 radical (unpaired) electrons. The molecular formula is C4H3F4I. The Kier molecular flexibility index (Phi) is 2.48. The summed E-state index contributed by atoms with van der Waals surface area (Å²) in [4.78, 5) is 0. The Morgan fingerprint density at radius 1 is 1.22 bits per heavy atom. The van der Waals surface area contributed by atoms with Gasteiger partial charge in [0.15, 0.2) is 0 Å². The van der Waals surface area contributed by atoms with Crippen molar-refractivity contribution in [2.24, 2.45) is 0 Å². The molecule has 0 aromatic carbocycles. The van der Waals surface area contributed by atoms with E-state index in [4.69, 9.17) is 0 Å². The van der Waals surface area contributed by atoms with Crippen LogP contribution >= 0.6 is 22.6 Å². The second kappa shape index (κ2) is 2.43. The molecule has 0 nitrogen and oxygen atoms in total. The van der Waals surface area contributed by atoms with Crippen LogP contribution in [0.4, 0.5) is 17.6 Å². The number of rotatable bonds is 1. The van der Waals surface area contributed by atoms with E-state index < -0.39 is 9.85 Å². The summed E-state index contributed by atoms with van der Waals surface area (Å²) in [6, 6.07) is 0. The first-order chi connectivity index (χ1) is 3.81. The summed E-state index contributed by atoms with van der Waals surface area (Å²) in [5.74, 6) is 0. The number of allylic oxidation sites excluding steroid dienone is 1. The van der Waals surface area contributed by atoms with E-state index in [-0.39, 0.29) is 6.08 Å². The molecule has 0 aromatic rings. The molecule has 1 unspecified atom stereocenters. The number of hydrogen-bond donors (Lipinski definition) is 0. The Labute approximate surface area is 63.1 Å². The van der Waals surface area contributed by atoms with Gasteiger partial charge in [-0.2, -0.15) is 13.2 Å². The molecule has 0 bridgehead atoms. The van der Waals surface area contributed by atoms with Crippen molar-refractivity contribution in [3.63, 3.8) is 0 Å². The molecule has 0 aliphatic rings. The average Bonchev–Trinajstić information content (AvgIpc) is 1.64. The summed E-state index contributed by atoms with van der Waals surface area (Å²) in [6.45, 7) is 2.70. The van der Waals surface area contributed by atoms with Gasteiger partial charge in [0, 0.05) is 0 Å². The van der Waals surface area contributed by atoms with E-state index in [0.29, 0.717) is 22.6 Å². The molecule has 0 N–H and O–H groups in total. The third kappa shape index (κ3) is 2.11. The Balaban J connectivity index is 4.32. The number of halogens is 5. The molecule has 0 aliphatic heterocycles. The van der Waals surface area contributed by atoms with Crippen LogP contribution in [0.15, 0.2) is 12.7 Å². The lowest BCUT2D eigenvalue weighted by Gasteiger charge is -2.16. The predicted octanol–water partition coefficient (Wildman–Crippen LogP) is 2.84. The van der Waals surface area contributed by atoms with Gasteiger partial charge in [0.2, 0.25) is 0 Å². The zero-order valence-electron chi connectivity index (χ0n) is 4.17. The molecule has 0 aliphatic carbocycles. The highest BCUT2D eigenvalue weighted by Crippen LogP contribution is 2.40. The summed E-state index contributed by atoms with van der Waals surface area (Å²) >= 11 is 0.637. The quantitative estimate of drug-likeness (QED) is 0.292. The maximum Gasteiger partial charge on any atom is 0.435 e. The molecule has 0 heterocycles. The van der Waals surface area contributed by atoms with E-state index in [1.807, 2.05) is 0 Å². The first-order valence-corrected chi connectivity index (χ1v) is 2.97. The maximum absolute atomic E-state index is 12.1. The van der Waals surface area contributed by atoms with Gasteiger partial charge in [-0.05, 0) is 28.7 Å². The van der Waals surface area contributed by atoms with Crippen LogP contribution in [0.5, 0.6) is 0 Å². The summed E-state index contributed by atoms with van der Waals surface area (Å²) in [7, 11) is 0. The molecule has 0 rings (SSSR count). The van der Waals surface area contributed by atoms with E-state index in [9.17, 15) is 17.6 Å². The molecule has 1 atom stereocenters. The van der Waals surface area contributed by atoms with Gasteiger partial charge in [0.05, 0.1) is 0 Å². The monoisotopic (exact) mass is 254 g/mol. The molecule has 54 valence electrons. The minimum absolute atomic E-state index is 0.216. The van der Waals surface area contributed by atoms with Gasteiger partial charge in [-0.3, -0.25) is 0 Å². The topological polar surface area (TPSA) is 0 Å². The van der Waals surface area contributed by atoms with Crippen LogP contribution in [-0.4, -0.2) is 9.85 Å². The van der Waals surface area contributed by atoms with Crippen molar-refractivity contribution in [1.82, 2.24) is 0 Å². The second-order valence-electron chi connectivity index (χ2n) is 1.32. The zero-order valence-corrected chi connectivity index (χ0v) is 6.33. The first-order valence-electron chi connectivity index (χ1n) is 1.89. The van der Waals surface area contributed by atoms with Crippen molar-refractivity contribution >= 4 is 22.6 Å². The summed E-state index contributed by atoms with van der Waals surface area (Å²) in [6.07, 6.45) is -4.64. The van der Waals surface area contributed by atoms with Gasteiger partial charge in [0.1, 0.15) is 0 Å². The fraction of sp³-hybridized carbons (Fsp3) is 0.500. The predicted molar refractivity (Wildman–Crippen MR) is 34.1 cm³/mol. The zero-order chi connectivity index (χ0) is 7.71. The van der Waals surface area contributed by atoms with Crippen molar-refractivity contribution in [3.05, 3.63) is 12.7 Å². The number of hydrogen-bond acceptors (Lipinski definition) is 0. The lowest BCUT2D eigenvalue weighted by atomic mass is 10.4. The molecule has 9 heavy (non-hydrogen) atoms. The normalized spacial score (nSPS) is 18.8. The average molecular weight is 254 g/mol. The summed E-state index contributed by atoms with van der Waals surface area (Å²) < 4.78 is 42.9. The van der Waals surface area contributed by atoms with E-state index in [1.54, 1.807) is 0 Å². The summed E-state index contributed by atoms with van der Waals surface area (Å²) in [5, 5.41) is 0. The van der Waals surface area contributed by atoms with E-state index in [0.717, 1.165) is 0 Å². The summed E-state index contributed by atoms with van der Waals surface area (Å²) in [5.41, 5.74) is 0. The van der Waals surface area contributed by atoms with Crippen LogP contribution in [-0.2, 0) is 0 Å². The van der Waals surface area contributed by atoms with Crippen LogP contribution in [0, 0.1) is 0 Å². The van der Waals surface area contributed by atoms with Crippen LogP contribution in [0.2, 0.25) is 0 Å². The fourth-order valence-corrected chi connectivity index (χ4v) is 0.116. The lowest BCUT2D eigenvalue weighted by Crippen LogP contribution is -2.31. The smallest absolute Gasteiger partial charge is 0.218 e. The van der Waals surface area contributed by atoms with Gasteiger partial charge in [-0.1, -0.05) is 6.58 Å². The van der Waals surface area contributed by atoms with E-state index in [2.05, 4.69) is 6.58 Å². The van der Waals surface area contributed by atoms with Gasteiger partial charge in [0.25, 0.3) is 3.68 Å². The lowest BCUT2D eigenvalue weighted by molar-refractivity contribution is -0.172.